The second kappa shape index (κ2) is 6.55. The Morgan fingerprint density at radius 2 is 1.96 bits per heavy atom. The van der Waals surface area contributed by atoms with Crippen molar-refractivity contribution < 1.29 is 8.42 Å². The van der Waals surface area contributed by atoms with Crippen LogP contribution in [0.3, 0.4) is 0 Å². The quantitative estimate of drug-likeness (QED) is 0.862. The average molecular weight is 333 g/mol. The Bertz CT molecular complexity index is 805. The number of pyridine rings is 1. The Hall–Kier alpha value is -1.50. The molecule has 1 aromatic carbocycles. The molecule has 0 aliphatic carbocycles. The van der Waals surface area contributed by atoms with Crippen molar-refractivity contribution >= 4 is 20.9 Å². The van der Waals surface area contributed by atoms with E-state index in [0.717, 1.165) is 31.6 Å². The number of nitrogens with zero attached hydrogens (tertiary/aromatic N) is 3. The zero-order valence-electron chi connectivity index (χ0n) is 13.7. The van der Waals surface area contributed by atoms with Crippen LogP contribution in [0.2, 0.25) is 0 Å². The maximum Gasteiger partial charge on any atom is 0.211 e. The van der Waals surface area contributed by atoms with Crippen molar-refractivity contribution in [3.63, 3.8) is 0 Å². The fraction of sp³-hybridized carbons (Fsp3) is 0.471. The molecule has 5 nitrogen and oxygen atoms in total. The predicted octanol–water partition coefficient (Wildman–Crippen LogP) is 2.01. The third kappa shape index (κ3) is 3.71. The van der Waals surface area contributed by atoms with Gasteiger partial charge in [0.05, 0.1) is 11.8 Å². The van der Waals surface area contributed by atoms with E-state index >= 15 is 0 Å². The Labute approximate surface area is 138 Å². The largest absolute Gasteiger partial charge is 0.298 e. The van der Waals surface area contributed by atoms with Crippen LogP contribution in [-0.4, -0.2) is 55.0 Å². The fourth-order valence-corrected chi connectivity index (χ4v) is 4.06. The van der Waals surface area contributed by atoms with Gasteiger partial charge in [-0.3, -0.25) is 9.88 Å². The highest BCUT2D eigenvalue weighted by molar-refractivity contribution is 7.88. The number of hydrogen-bond donors (Lipinski definition) is 0. The number of aromatic nitrogens is 1. The van der Waals surface area contributed by atoms with Gasteiger partial charge >= 0.3 is 0 Å². The van der Waals surface area contributed by atoms with Gasteiger partial charge in [-0.15, -0.1) is 0 Å². The number of benzene rings is 1. The van der Waals surface area contributed by atoms with Crippen molar-refractivity contribution in [1.82, 2.24) is 14.2 Å². The van der Waals surface area contributed by atoms with Gasteiger partial charge in [-0.25, -0.2) is 12.7 Å². The molecule has 1 aliphatic rings. The van der Waals surface area contributed by atoms with Crippen LogP contribution in [0.5, 0.6) is 0 Å². The molecule has 0 spiro atoms. The summed E-state index contributed by atoms with van der Waals surface area (Å²) in [6.45, 7) is 5.78. The second-order valence-corrected chi connectivity index (χ2v) is 8.22. The minimum atomic E-state index is -3.09. The molecule has 124 valence electrons. The third-order valence-corrected chi connectivity index (χ3v) is 5.78. The summed E-state index contributed by atoms with van der Waals surface area (Å²) in [5, 5.41) is 1.19. The van der Waals surface area contributed by atoms with E-state index in [-0.39, 0.29) is 0 Å². The van der Waals surface area contributed by atoms with E-state index in [9.17, 15) is 8.42 Å². The summed E-state index contributed by atoms with van der Waals surface area (Å²) in [4.78, 5) is 6.83. The van der Waals surface area contributed by atoms with Crippen LogP contribution in [0.4, 0.5) is 0 Å². The van der Waals surface area contributed by atoms with Crippen LogP contribution < -0.4 is 0 Å². The van der Waals surface area contributed by atoms with Gasteiger partial charge in [0.25, 0.3) is 0 Å². The van der Waals surface area contributed by atoms with Crippen LogP contribution >= 0.6 is 0 Å². The van der Waals surface area contributed by atoms with Crippen LogP contribution in [0.1, 0.15) is 17.5 Å². The average Bonchev–Trinajstić information content (AvgIpc) is 2.76. The zero-order chi connectivity index (χ0) is 16.4. The fourth-order valence-electron chi connectivity index (χ4n) is 3.19. The van der Waals surface area contributed by atoms with Gasteiger partial charge < -0.3 is 0 Å². The summed E-state index contributed by atoms with van der Waals surface area (Å²) < 4.78 is 25.0. The summed E-state index contributed by atoms with van der Waals surface area (Å²) in [6.07, 6.45) is 3.99. The lowest BCUT2D eigenvalue weighted by Crippen LogP contribution is -2.34. The maximum atomic E-state index is 11.7. The minimum absolute atomic E-state index is 0.570. The molecule has 2 heterocycles. The van der Waals surface area contributed by atoms with Gasteiger partial charge in [0.1, 0.15) is 0 Å². The molecule has 0 unspecified atom stereocenters. The zero-order valence-corrected chi connectivity index (χ0v) is 14.5. The Morgan fingerprint density at radius 3 is 2.74 bits per heavy atom. The van der Waals surface area contributed by atoms with E-state index < -0.39 is 10.0 Å². The molecule has 0 amide bonds. The first kappa shape index (κ1) is 16.4. The monoisotopic (exact) mass is 333 g/mol. The molecule has 23 heavy (non-hydrogen) atoms. The molecule has 0 bridgehead atoms. The molecule has 0 atom stereocenters. The van der Waals surface area contributed by atoms with E-state index in [2.05, 4.69) is 35.0 Å². The van der Waals surface area contributed by atoms with E-state index in [1.807, 2.05) is 12.3 Å². The van der Waals surface area contributed by atoms with Gasteiger partial charge in [0.2, 0.25) is 10.0 Å². The molecule has 6 heteroatoms. The van der Waals surface area contributed by atoms with Crippen molar-refractivity contribution in [2.45, 2.75) is 19.9 Å². The molecule has 2 aromatic rings. The first-order valence-corrected chi connectivity index (χ1v) is 9.80. The molecule has 3 rings (SSSR count). The summed E-state index contributed by atoms with van der Waals surface area (Å²) in [5.74, 6) is 0. The number of hydrogen-bond acceptors (Lipinski definition) is 4. The second-order valence-electron chi connectivity index (χ2n) is 6.23. The van der Waals surface area contributed by atoms with Gasteiger partial charge in [-0.1, -0.05) is 18.2 Å². The lowest BCUT2D eigenvalue weighted by Gasteiger charge is -2.21. The van der Waals surface area contributed by atoms with Crippen molar-refractivity contribution in [1.29, 1.82) is 0 Å². The highest BCUT2D eigenvalue weighted by Crippen LogP contribution is 2.22. The van der Waals surface area contributed by atoms with Crippen LogP contribution in [-0.2, 0) is 16.6 Å². The van der Waals surface area contributed by atoms with Crippen molar-refractivity contribution in [2.75, 3.05) is 32.4 Å². The number of rotatable bonds is 3. The molecule has 0 radical (unpaired) electrons. The lowest BCUT2D eigenvalue weighted by atomic mass is 10.0. The summed E-state index contributed by atoms with van der Waals surface area (Å²) in [7, 11) is -3.09. The normalized spacial score (nSPS) is 18.2. The van der Waals surface area contributed by atoms with Gasteiger partial charge in [0, 0.05) is 37.8 Å². The molecule has 1 aromatic heterocycles. The van der Waals surface area contributed by atoms with Gasteiger partial charge in [-0.05, 0) is 37.1 Å². The molecule has 1 fully saturated rings. The summed E-state index contributed by atoms with van der Waals surface area (Å²) in [6, 6.07) is 8.37. The molecule has 0 saturated carbocycles. The molecule has 1 aliphatic heterocycles. The molecular weight excluding hydrogens is 310 g/mol. The number of sulfonamides is 1. The first-order chi connectivity index (χ1) is 10.9. The van der Waals surface area contributed by atoms with Gasteiger partial charge in [-0.2, -0.15) is 0 Å². The van der Waals surface area contributed by atoms with E-state index in [4.69, 9.17) is 0 Å². The standard InChI is InChI=1S/C17H23N3O2S/c1-14-6-7-15(16-5-3-8-18-17(14)16)13-19-9-4-10-20(12-11-19)23(2,21)22/h3,5-8H,4,9-13H2,1-2H3. The van der Waals surface area contributed by atoms with Crippen molar-refractivity contribution in [2.24, 2.45) is 0 Å². The highest BCUT2D eigenvalue weighted by atomic mass is 32.2. The predicted molar refractivity (Wildman–Crippen MR) is 92.8 cm³/mol. The van der Waals surface area contributed by atoms with E-state index in [0.29, 0.717) is 13.1 Å². The lowest BCUT2D eigenvalue weighted by molar-refractivity contribution is 0.280. The molecular formula is C17H23N3O2S. The van der Waals surface area contributed by atoms with Crippen molar-refractivity contribution in [3.8, 4) is 0 Å². The SMILES string of the molecule is Cc1ccc(CN2CCCN(S(C)(=O)=O)CC2)c2cccnc12. The van der Waals surface area contributed by atoms with Crippen LogP contribution in [0, 0.1) is 6.92 Å². The van der Waals surface area contributed by atoms with Crippen molar-refractivity contribution in [3.05, 3.63) is 41.6 Å². The first-order valence-electron chi connectivity index (χ1n) is 7.96. The number of fused-ring (bicyclic) bond motifs is 1. The Kier molecular flexibility index (Phi) is 4.66. The molecule has 0 N–H and O–H groups in total. The smallest absolute Gasteiger partial charge is 0.211 e. The Morgan fingerprint density at radius 1 is 1.13 bits per heavy atom. The Balaban J connectivity index is 1.79. The van der Waals surface area contributed by atoms with E-state index in [1.54, 1.807) is 4.31 Å². The van der Waals surface area contributed by atoms with Crippen LogP contribution in [0.15, 0.2) is 30.5 Å². The van der Waals surface area contributed by atoms with E-state index in [1.165, 1.54) is 22.8 Å². The third-order valence-electron chi connectivity index (χ3n) is 4.47. The number of aryl methyl sites for hydroxylation is 1. The highest BCUT2D eigenvalue weighted by Gasteiger charge is 2.21. The van der Waals surface area contributed by atoms with Crippen LogP contribution in [0.25, 0.3) is 10.9 Å². The summed E-state index contributed by atoms with van der Waals surface area (Å²) in [5.41, 5.74) is 3.49. The maximum absolute atomic E-state index is 11.7. The minimum Gasteiger partial charge on any atom is -0.298 e. The van der Waals surface area contributed by atoms with Gasteiger partial charge in [0.15, 0.2) is 0 Å². The molecule has 1 saturated heterocycles. The topological polar surface area (TPSA) is 53.5 Å². The summed E-state index contributed by atoms with van der Waals surface area (Å²) >= 11 is 0.